The van der Waals surface area contributed by atoms with Gasteiger partial charge in [-0.25, -0.2) is 9.37 Å². The highest BCUT2D eigenvalue weighted by Crippen LogP contribution is 2.23. The molecule has 0 spiro atoms. The van der Waals surface area contributed by atoms with Crippen LogP contribution in [0.1, 0.15) is 6.92 Å². The average Bonchev–Trinajstić information content (AvgIpc) is 2.79. The molecule has 8 heteroatoms. The Morgan fingerprint density at radius 3 is 2.62 bits per heavy atom. The molecule has 0 aliphatic rings. The van der Waals surface area contributed by atoms with Gasteiger partial charge in [0, 0.05) is 5.69 Å². The predicted molar refractivity (Wildman–Crippen MR) is 124 cm³/mol. The molecule has 3 aromatic carbocycles. The highest BCUT2D eigenvalue weighted by molar-refractivity contribution is 7.99. The van der Waals surface area contributed by atoms with Crippen LogP contribution < -0.4 is 15.6 Å². The van der Waals surface area contributed by atoms with E-state index < -0.39 is 5.82 Å². The second-order valence-electron chi connectivity index (χ2n) is 6.83. The van der Waals surface area contributed by atoms with Crippen molar-refractivity contribution in [3.63, 3.8) is 0 Å². The maximum atomic E-state index is 13.4. The van der Waals surface area contributed by atoms with E-state index in [2.05, 4.69) is 10.3 Å². The number of carbonyl (C=O) groups excluding carboxylic acids is 1. The molecule has 0 unspecified atom stereocenters. The first-order valence-corrected chi connectivity index (χ1v) is 11.0. The monoisotopic (exact) mass is 449 g/mol. The normalized spacial score (nSPS) is 10.8. The Morgan fingerprint density at radius 1 is 1.09 bits per heavy atom. The zero-order chi connectivity index (χ0) is 22.5. The number of para-hydroxylation sites is 1. The third kappa shape index (κ3) is 4.81. The summed E-state index contributed by atoms with van der Waals surface area (Å²) in [6.45, 7) is 2.44. The second-order valence-corrected chi connectivity index (χ2v) is 7.77. The molecule has 4 rings (SSSR count). The summed E-state index contributed by atoms with van der Waals surface area (Å²) in [5.41, 5.74) is 1.30. The standard InChI is InChI=1S/C24H20FN3O3S/c1-2-31-19-12-10-18(11-13-19)28-23(30)20-8-3-4-9-21(20)27-24(28)32-15-22(29)26-17-7-5-6-16(25)14-17/h3-14H,2,15H2,1H3,(H,26,29). The van der Waals surface area contributed by atoms with Gasteiger partial charge in [-0.05, 0) is 61.5 Å². The number of hydrogen-bond acceptors (Lipinski definition) is 5. The summed E-state index contributed by atoms with van der Waals surface area (Å²) in [4.78, 5) is 30.3. The lowest BCUT2D eigenvalue weighted by molar-refractivity contribution is -0.113. The summed E-state index contributed by atoms with van der Waals surface area (Å²) < 4.78 is 20.3. The molecule has 1 heterocycles. The summed E-state index contributed by atoms with van der Waals surface area (Å²) >= 11 is 1.13. The lowest BCUT2D eigenvalue weighted by Gasteiger charge is -2.14. The van der Waals surface area contributed by atoms with Crippen molar-refractivity contribution in [2.75, 3.05) is 17.7 Å². The number of halogens is 1. The van der Waals surface area contributed by atoms with E-state index in [0.717, 1.165) is 11.8 Å². The van der Waals surface area contributed by atoms with Gasteiger partial charge in [0.1, 0.15) is 11.6 Å². The summed E-state index contributed by atoms with van der Waals surface area (Å²) in [6, 6.07) is 19.9. The van der Waals surface area contributed by atoms with Crippen LogP contribution in [0.5, 0.6) is 5.75 Å². The van der Waals surface area contributed by atoms with Crippen LogP contribution in [0.3, 0.4) is 0 Å². The van der Waals surface area contributed by atoms with E-state index in [1.54, 1.807) is 54.6 Å². The van der Waals surface area contributed by atoms with Crippen LogP contribution in [0.15, 0.2) is 82.7 Å². The fourth-order valence-electron chi connectivity index (χ4n) is 3.19. The quantitative estimate of drug-likeness (QED) is 0.328. The van der Waals surface area contributed by atoms with E-state index in [1.165, 1.54) is 22.8 Å². The highest BCUT2D eigenvalue weighted by Gasteiger charge is 2.15. The fourth-order valence-corrected chi connectivity index (χ4v) is 4.00. The van der Waals surface area contributed by atoms with Gasteiger partial charge in [-0.2, -0.15) is 0 Å². The van der Waals surface area contributed by atoms with E-state index >= 15 is 0 Å². The molecule has 4 aromatic rings. The van der Waals surface area contributed by atoms with Gasteiger partial charge in [-0.3, -0.25) is 14.2 Å². The SMILES string of the molecule is CCOc1ccc(-n2c(SCC(=O)Nc3cccc(F)c3)nc3ccccc3c2=O)cc1. The van der Waals surface area contributed by atoms with Gasteiger partial charge in [0.15, 0.2) is 5.16 Å². The summed E-state index contributed by atoms with van der Waals surface area (Å²) in [5, 5.41) is 3.52. The maximum absolute atomic E-state index is 13.4. The average molecular weight is 450 g/mol. The lowest BCUT2D eigenvalue weighted by Crippen LogP contribution is -2.23. The number of ether oxygens (including phenoxy) is 1. The number of anilines is 1. The Bertz CT molecular complexity index is 1320. The van der Waals surface area contributed by atoms with Crippen LogP contribution in [0.2, 0.25) is 0 Å². The number of carbonyl (C=O) groups is 1. The van der Waals surface area contributed by atoms with E-state index in [4.69, 9.17) is 4.74 Å². The maximum Gasteiger partial charge on any atom is 0.266 e. The van der Waals surface area contributed by atoms with E-state index in [9.17, 15) is 14.0 Å². The molecule has 1 amide bonds. The zero-order valence-corrected chi connectivity index (χ0v) is 18.1. The Kier molecular flexibility index (Phi) is 6.51. The molecule has 0 radical (unpaired) electrons. The number of rotatable bonds is 7. The number of hydrogen-bond donors (Lipinski definition) is 1. The fraction of sp³-hybridized carbons (Fsp3) is 0.125. The van der Waals surface area contributed by atoms with Crippen molar-refractivity contribution < 1.29 is 13.9 Å². The van der Waals surface area contributed by atoms with Crippen molar-refractivity contribution in [3.05, 3.63) is 89.0 Å². The minimum Gasteiger partial charge on any atom is -0.494 e. The Morgan fingerprint density at radius 2 is 1.88 bits per heavy atom. The number of amides is 1. The minimum atomic E-state index is -0.434. The van der Waals surface area contributed by atoms with E-state index in [1.807, 2.05) is 6.92 Å². The van der Waals surface area contributed by atoms with Gasteiger partial charge in [0.2, 0.25) is 5.91 Å². The number of benzene rings is 3. The lowest BCUT2D eigenvalue weighted by atomic mass is 10.2. The van der Waals surface area contributed by atoms with Crippen LogP contribution in [-0.4, -0.2) is 27.8 Å². The third-order valence-corrected chi connectivity index (χ3v) is 5.53. The molecule has 0 saturated carbocycles. The molecule has 0 fully saturated rings. The number of thioether (sulfide) groups is 1. The smallest absolute Gasteiger partial charge is 0.266 e. The Balaban J connectivity index is 1.65. The van der Waals surface area contributed by atoms with Gasteiger partial charge in [0.05, 0.1) is 29.0 Å². The van der Waals surface area contributed by atoms with E-state index in [-0.39, 0.29) is 17.2 Å². The van der Waals surface area contributed by atoms with Crippen molar-refractivity contribution in [1.29, 1.82) is 0 Å². The van der Waals surface area contributed by atoms with Crippen molar-refractivity contribution in [2.45, 2.75) is 12.1 Å². The first-order valence-electron chi connectivity index (χ1n) is 9.98. The highest BCUT2D eigenvalue weighted by atomic mass is 32.2. The van der Waals surface area contributed by atoms with Crippen molar-refractivity contribution >= 4 is 34.3 Å². The van der Waals surface area contributed by atoms with Crippen LogP contribution in [-0.2, 0) is 4.79 Å². The molecule has 32 heavy (non-hydrogen) atoms. The molecule has 0 aliphatic carbocycles. The molecule has 0 aliphatic heterocycles. The van der Waals surface area contributed by atoms with Crippen LogP contribution in [0, 0.1) is 5.82 Å². The Labute approximate surface area is 188 Å². The van der Waals surface area contributed by atoms with Crippen LogP contribution in [0.25, 0.3) is 16.6 Å². The molecular weight excluding hydrogens is 429 g/mol. The van der Waals surface area contributed by atoms with Crippen molar-refractivity contribution in [2.24, 2.45) is 0 Å². The first-order chi connectivity index (χ1) is 15.5. The van der Waals surface area contributed by atoms with Crippen LogP contribution >= 0.6 is 11.8 Å². The van der Waals surface area contributed by atoms with Gasteiger partial charge >= 0.3 is 0 Å². The van der Waals surface area contributed by atoms with E-state index in [0.29, 0.717) is 39.8 Å². The number of fused-ring (bicyclic) bond motifs is 1. The van der Waals surface area contributed by atoms with Gasteiger partial charge in [0.25, 0.3) is 5.56 Å². The summed E-state index contributed by atoms with van der Waals surface area (Å²) in [6.07, 6.45) is 0. The van der Waals surface area contributed by atoms with Gasteiger partial charge in [-0.1, -0.05) is 30.0 Å². The minimum absolute atomic E-state index is 0.00166. The number of aromatic nitrogens is 2. The summed E-state index contributed by atoms with van der Waals surface area (Å²) in [7, 11) is 0. The largest absolute Gasteiger partial charge is 0.494 e. The first kappa shape index (κ1) is 21.6. The topological polar surface area (TPSA) is 73.2 Å². The molecule has 6 nitrogen and oxygen atoms in total. The van der Waals surface area contributed by atoms with Gasteiger partial charge < -0.3 is 10.1 Å². The van der Waals surface area contributed by atoms with Crippen molar-refractivity contribution in [3.8, 4) is 11.4 Å². The molecule has 0 saturated heterocycles. The third-order valence-electron chi connectivity index (χ3n) is 4.59. The molecule has 0 atom stereocenters. The zero-order valence-electron chi connectivity index (χ0n) is 17.2. The molecule has 162 valence electrons. The molecular formula is C24H20FN3O3S. The molecule has 0 bridgehead atoms. The molecule has 1 aromatic heterocycles. The Hall–Kier alpha value is -3.65. The molecule has 1 N–H and O–H groups in total. The number of nitrogens with one attached hydrogen (secondary N) is 1. The second kappa shape index (κ2) is 9.65. The van der Waals surface area contributed by atoms with Crippen LogP contribution in [0.4, 0.5) is 10.1 Å². The summed E-state index contributed by atoms with van der Waals surface area (Å²) in [5.74, 6) is -0.0721. The van der Waals surface area contributed by atoms with Gasteiger partial charge in [-0.15, -0.1) is 0 Å². The number of nitrogens with zero attached hydrogens (tertiary/aromatic N) is 2. The predicted octanol–water partition coefficient (Wildman–Crippen LogP) is 4.65. The van der Waals surface area contributed by atoms with Crippen molar-refractivity contribution in [1.82, 2.24) is 9.55 Å².